The fraction of sp³-hybridized carbons (Fsp3) is 0.643. The van der Waals surface area contributed by atoms with Gasteiger partial charge in [0.25, 0.3) is 0 Å². The smallest absolute Gasteiger partial charge is 0.406 e. The van der Waals surface area contributed by atoms with Crippen molar-refractivity contribution in [2.45, 2.75) is 45.1 Å². The van der Waals surface area contributed by atoms with Crippen LogP contribution in [0.4, 0.5) is 5.82 Å². The Labute approximate surface area is 117 Å². The molecule has 1 aliphatic rings. The molecule has 0 aliphatic heterocycles. The first-order valence-electron chi connectivity index (χ1n) is 6.99. The van der Waals surface area contributed by atoms with Crippen molar-refractivity contribution in [1.82, 2.24) is 4.98 Å². The number of aromatic nitrogens is 1. The van der Waals surface area contributed by atoms with Gasteiger partial charge >= 0.3 is 5.82 Å². The molecule has 1 aliphatic carbocycles. The lowest BCUT2D eigenvalue weighted by atomic mass is 10.0. The average molecular weight is 280 g/mol. The fourth-order valence-electron chi connectivity index (χ4n) is 2.66. The quantitative estimate of drug-likeness (QED) is 0.639. The number of hydrogen-bond acceptors (Lipinski definition) is 5. The third-order valence-electron chi connectivity index (χ3n) is 3.66. The van der Waals surface area contributed by atoms with E-state index in [1.807, 2.05) is 0 Å². The molecule has 1 heterocycles. The number of ether oxygens (including phenoxy) is 1. The summed E-state index contributed by atoms with van der Waals surface area (Å²) in [6, 6.07) is 3.19. The normalized spacial score (nSPS) is 17.1. The molecule has 1 atom stereocenters. The van der Waals surface area contributed by atoms with Crippen LogP contribution in [0.5, 0.6) is 5.75 Å². The van der Waals surface area contributed by atoms with E-state index < -0.39 is 11.0 Å². The van der Waals surface area contributed by atoms with Crippen LogP contribution in [0.2, 0.25) is 0 Å². The summed E-state index contributed by atoms with van der Waals surface area (Å²) in [5.41, 5.74) is 0.565. The third-order valence-corrected chi connectivity index (χ3v) is 3.66. The minimum absolute atomic E-state index is 0.0715. The number of aliphatic hydroxyl groups is 1. The second-order valence-corrected chi connectivity index (χ2v) is 5.38. The SMILES string of the molecule is Cc1ccc(OCC(O)CC2CCCC2)c([N+](=O)[O-])n1. The van der Waals surface area contributed by atoms with Crippen molar-refractivity contribution >= 4 is 5.82 Å². The van der Waals surface area contributed by atoms with Crippen LogP contribution in [0, 0.1) is 23.0 Å². The maximum Gasteiger partial charge on any atom is 0.406 e. The Morgan fingerprint density at radius 2 is 2.20 bits per heavy atom. The number of aliphatic hydroxyl groups excluding tert-OH is 1. The second kappa shape index (κ2) is 6.65. The predicted molar refractivity (Wildman–Crippen MR) is 73.7 cm³/mol. The molecule has 110 valence electrons. The van der Waals surface area contributed by atoms with Crippen LogP contribution in [-0.2, 0) is 0 Å². The van der Waals surface area contributed by atoms with Gasteiger partial charge in [0.1, 0.15) is 12.3 Å². The number of nitrogens with zero attached hydrogens (tertiary/aromatic N) is 2. The van der Waals surface area contributed by atoms with E-state index in [1.165, 1.54) is 18.9 Å². The fourth-order valence-corrected chi connectivity index (χ4v) is 2.66. The van der Waals surface area contributed by atoms with Gasteiger partial charge in [-0.1, -0.05) is 25.7 Å². The van der Waals surface area contributed by atoms with Crippen molar-refractivity contribution in [1.29, 1.82) is 0 Å². The van der Waals surface area contributed by atoms with Gasteiger partial charge in [-0.15, -0.1) is 0 Å². The number of pyridine rings is 1. The topological polar surface area (TPSA) is 85.5 Å². The first kappa shape index (κ1) is 14.7. The Bertz CT molecular complexity index is 472. The molecule has 0 bridgehead atoms. The van der Waals surface area contributed by atoms with Gasteiger partial charge in [-0.05, 0) is 34.4 Å². The van der Waals surface area contributed by atoms with Gasteiger partial charge in [-0.2, -0.15) is 0 Å². The standard InChI is InChI=1S/C14H20N2O4/c1-10-6-7-13(14(15-10)16(18)19)20-9-12(17)8-11-4-2-3-5-11/h6-7,11-12,17H,2-5,8-9H2,1H3. The minimum Gasteiger partial charge on any atom is -0.483 e. The molecule has 0 radical (unpaired) electrons. The van der Waals surface area contributed by atoms with E-state index in [0.717, 1.165) is 12.8 Å². The van der Waals surface area contributed by atoms with Crippen LogP contribution >= 0.6 is 0 Å². The van der Waals surface area contributed by atoms with Gasteiger partial charge in [0.2, 0.25) is 5.75 Å². The summed E-state index contributed by atoms with van der Waals surface area (Å²) in [7, 11) is 0. The highest BCUT2D eigenvalue weighted by Gasteiger charge is 2.21. The molecule has 1 unspecified atom stereocenters. The van der Waals surface area contributed by atoms with E-state index in [9.17, 15) is 15.2 Å². The summed E-state index contributed by atoms with van der Waals surface area (Å²) in [5.74, 6) is 0.379. The van der Waals surface area contributed by atoms with Crippen molar-refractivity contribution in [2.24, 2.45) is 5.92 Å². The molecule has 20 heavy (non-hydrogen) atoms. The van der Waals surface area contributed by atoms with E-state index >= 15 is 0 Å². The van der Waals surface area contributed by atoms with E-state index in [-0.39, 0.29) is 18.2 Å². The lowest BCUT2D eigenvalue weighted by molar-refractivity contribution is -0.390. The van der Waals surface area contributed by atoms with Crippen molar-refractivity contribution in [3.05, 3.63) is 27.9 Å². The zero-order valence-corrected chi connectivity index (χ0v) is 11.6. The maximum absolute atomic E-state index is 10.9. The number of aryl methyl sites for hydroxylation is 1. The van der Waals surface area contributed by atoms with Gasteiger partial charge in [0.15, 0.2) is 0 Å². The van der Waals surface area contributed by atoms with Crippen LogP contribution < -0.4 is 4.74 Å². The molecule has 2 rings (SSSR count). The lowest BCUT2D eigenvalue weighted by Gasteiger charge is -2.15. The van der Waals surface area contributed by atoms with Crippen LogP contribution in [0.1, 0.15) is 37.8 Å². The first-order chi connectivity index (χ1) is 9.56. The number of hydrogen-bond donors (Lipinski definition) is 1. The molecule has 1 saturated carbocycles. The van der Waals surface area contributed by atoms with Gasteiger partial charge in [-0.25, -0.2) is 0 Å². The van der Waals surface area contributed by atoms with Crippen molar-refractivity contribution in [2.75, 3.05) is 6.61 Å². The van der Waals surface area contributed by atoms with E-state index in [2.05, 4.69) is 4.98 Å². The van der Waals surface area contributed by atoms with Gasteiger partial charge in [0.05, 0.1) is 6.10 Å². The van der Waals surface area contributed by atoms with E-state index in [4.69, 9.17) is 4.74 Å². The molecule has 1 fully saturated rings. The second-order valence-electron chi connectivity index (χ2n) is 5.38. The van der Waals surface area contributed by atoms with Crippen LogP contribution in [-0.4, -0.2) is 27.7 Å². The Hall–Kier alpha value is -1.69. The molecule has 0 saturated heterocycles. The Morgan fingerprint density at radius 1 is 1.50 bits per heavy atom. The van der Waals surface area contributed by atoms with Crippen LogP contribution in [0.15, 0.2) is 12.1 Å². The average Bonchev–Trinajstić information content (AvgIpc) is 2.90. The van der Waals surface area contributed by atoms with Crippen LogP contribution in [0.25, 0.3) is 0 Å². The lowest BCUT2D eigenvalue weighted by Crippen LogP contribution is -2.20. The monoisotopic (exact) mass is 280 g/mol. The summed E-state index contributed by atoms with van der Waals surface area (Å²) in [4.78, 5) is 14.2. The molecule has 6 heteroatoms. The van der Waals surface area contributed by atoms with Crippen molar-refractivity contribution in [3.63, 3.8) is 0 Å². The zero-order chi connectivity index (χ0) is 14.5. The van der Waals surface area contributed by atoms with Gasteiger partial charge in [-0.3, -0.25) is 0 Å². The summed E-state index contributed by atoms with van der Waals surface area (Å²) < 4.78 is 5.37. The highest BCUT2D eigenvalue weighted by Crippen LogP contribution is 2.29. The molecule has 0 amide bonds. The Morgan fingerprint density at radius 3 is 2.85 bits per heavy atom. The van der Waals surface area contributed by atoms with E-state index in [0.29, 0.717) is 18.0 Å². The van der Waals surface area contributed by atoms with Crippen LogP contribution in [0.3, 0.4) is 0 Å². The first-order valence-corrected chi connectivity index (χ1v) is 6.99. The third kappa shape index (κ3) is 3.90. The maximum atomic E-state index is 10.9. The minimum atomic E-state index is -0.584. The van der Waals surface area contributed by atoms with Gasteiger partial charge in [0, 0.05) is 6.92 Å². The summed E-state index contributed by atoms with van der Waals surface area (Å²) in [5, 5.41) is 20.8. The molecule has 0 spiro atoms. The molecule has 1 N–H and O–H groups in total. The molecule has 1 aromatic rings. The molecular weight excluding hydrogens is 260 g/mol. The van der Waals surface area contributed by atoms with Gasteiger partial charge < -0.3 is 20.0 Å². The molecule has 1 aromatic heterocycles. The van der Waals surface area contributed by atoms with Crippen molar-refractivity contribution < 1.29 is 14.8 Å². The highest BCUT2D eigenvalue weighted by atomic mass is 16.6. The number of rotatable bonds is 6. The predicted octanol–water partition coefficient (Wildman–Crippen LogP) is 2.62. The number of nitro groups is 1. The van der Waals surface area contributed by atoms with E-state index in [1.54, 1.807) is 13.0 Å². The molecule has 0 aromatic carbocycles. The largest absolute Gasteiger partial charge is 0.483 e. The summed E-state index contributed by atoms with van der Waals surface area (Å²) in [6.45, 7) is 1.76. The summed E-state index contributed by atoms with van der Waals surface area (Å²) >= 11 is 0. The Kier molecular flexibility index (Phi) is 4.89. The summed E-state index contributed by atoms with van der Waals surface area (Å²) in [6.07, 6.45) is 4.88. The van der Waals surface area contributed by atoms with Crippen molar-refractivity contribution in [3.8, 4) is 5.75 Å². The Balaban J connectivity index is 1.91. The highest BCUT2D eigenvalue weighted by molar-refractivity contribution is 5.40. The molecule has 6 nitrogen and oxygen atoms in total. The zero-order valence-electron chi connectivity index (χ0n) is 11.6. The molecular formula is C14H20N2O4.